The summed E-state index contributed by atoms with van der Waals surface area (Å²) in [4.78, 5) is 17.3. The van der Waals surface area contributed by atoms with Gasteiger partial charge in [0.2, 0.25) is 5.95 Å². The van der Waals surface area contributed by atoms with Crippen molar-refractivity contribution in [2.45, 2.75) is 0 Å². The highest BCUT2D eigenvalue weighted by molar-refractivity contribution is 5.43. The monoisotopic (exact) mass is 256 g/mol. The molecule has 0 spiro atoms. The third-order valence-electron chi connectivity index (χ3n) is 3.20. The average Bonchev–Trinajstić information content (AvgIpc) is 2.48. The Morgan fingerprint density at radius 2 is 1.68 bits per heavy atom. The summed E-state index contributed by atoms with van der Waals surface area (Å²) in [5.41, 5.74) is 5.69. The van der Waals surface area contributed by atoms with Crippen molar-refractivity contribution in [1.82, 2.24) is 15.0 Å². The molecule has 0 aliphatic carbocycles. The topological polar surface area (TPSA) is 71.2 Å². The van der Waals surface area contributed by atoms with Crippen LogP contribution in [-0.2, 0) is 0 Å². The molecular formula is C13H16N6. The van der Waals surface area contributed by atoms with E-state index in [1.54, 1.807) is 12.3 Å². The quantitative estimate of drug-likeness (QED) is 0.856. The van der Waals surface area contributed by atoms with Crippen LogP contribution in [0.25, 0.3) is 0 Å². The third-order valence-corrected chi connectivity index (χ3v) is 3.20. The van der Waals surface area contributed by atoms with E-state index in [-0.39, 0.29) is 0 Å². The van der Waals surface area contributed by atoms with Crippen molar-refractivity contribution < 1.29 is 0 Å². The predicted molar refractivity (Wildman–Crippen MR) is 75.1 cm³/mol. The van der Waals surface area contributed by atoms with Gasteiger partial charge >= 0.3 is 0 Å². The summed E-state index contributed by atoms with van der Waals surface area (Å²) in [6.07, 6.45) is 3.52. The Bertz CT molecular complexity index is 536. The summed E-state index contributed by atoms with van der Waals surface area (Å²) in [7, 11) is 0. The third kappa shape index (κ3) is 2.57. The highest BCUT2D eigenvalue weighted by Crippen LogP contribution is 2.16. The molecular weight excluding hydrogens is 240 g/mol. The SMILES string of the molecule is Nc1ccnc(N2CCN(c3ccccn3)CC2)n1. The second-order valence-corrected chi connectivity index (χ2v) is 4.44. The Morgan fingerprint density at radius 1 is 0.895 bits per heavy atom. The number of anilines is 3. The lowest BCUT2D eigenvalue weighted by atomic mass is 10.3. The van der Waals surface area contributed by atoms with Gasteiger partial charge < -0.3 is 15.5 Å². The van der Waals surface area contributed by atoms with Crippen LogP contribution in [-0.4, -0.2) is 41.1 Å². The van der Waals surface area contributed by atoms with Crippen molar-refractivity contribution in [3.63, 3.8) is 0 Å². The normalized spacial score (nSPS) is 15.6. The molecule has 0 saturated carbocycles. The van der Waals surface area contributed by atoms with Gasteiger partial charge in [-0.1, -0.05) is 6.07 Å². The number of rotatable bonds is 2. The Hall–Kier alpha value is -2.37. The van der Waals surface area contributed by atoms with E-state index in [1.165, 1.54) is 0 Å². The maximum atomic E-state index is 5.69. The minimum absolute atomic E-state index is 0.511. The maximum absolute atomic E-state index is 5.69. The molecule has 0 radical (unpaired) electrons. The molecule has 2 aromatic rings. The first-order valence-corrected chi connectivity index (χ1v) is 6.32. The maximum Gasteiger partial charge on any atom is 0.227 e. The van der Waals surface area contributed by atoms with Crippen molar-refractivity contribution in [2.75, 3.05) is 41.7 Å². The van der Waals surface area contributed by atoms with Crippen LogP contribution in [0.1, 0.15) is 0 Å². The lowest BCUT2D eigenvalue weighted by Crippen LogP contribution is -2.47. The fraction of sp³-hybridized carbons (Fsp3) is 0.308. The average molecular weight is 256 g/mol. The fourth-order valence-corrected chi connectivity index (χ4v) is 2.19. The van der Waals surface area contributed by atoms with Gasteiger partial charge in [0, 0.05) is 38.6 Å². The first-order chi connectivity index (χ1) is 9.33. The van der Waals surface area contributed by atoms with E-state index in [0.717, 1.165) is 32.0 Å². The minimum atomic E-state index is 0.511. The summed E-state index contributed by atoms with van der Waals surface area (Å²) in [6.45, 7) is 3.57. The zero-order valence-corrected chi connectivity index (χ0v) is 10.6. The van der Waals surface area contributed by atoms with Crippen LogP contribution in [0.4, 0.5) is 17.6 Å². The minimum Gasteiger partial charge on any atom is -0.384 e. The molecule has 1 aliphatic rings. The van der Waals surface area contributed by atoms with Gasteiger partial charge in [-0.3, -0.25) is 0 Å². The van der Waals surface area contributed by atoms with Crippen molar-refractivity contribution in [3.05, 3.63) is 36.7 Å². The molecule has 0 atom stereocenters. The Kier molecular flexibility index (Phi) is 3.14. The predicted octanol–water partition coefficient (Wildman–Crippen LogP) is 0.780. The Labute approximate surface area is 111 Å². The largest absolute Gasteiger partial charge is 0.384 e. The highest BCUT2D eigenvalue weighted by atomic mass is 15.3. The van der Waals surface area contributed by atoms with Crippen LogP contribution in [0.3, 0.4) is 0 Å². The molecule has 0 unspecified atom stereocenters. The van der Waals surface area contributed by atoms with Gasteiger partial charge in [-0.25, -0.2) is 9.97 Å². The summed E-state index contributed by atoms with van der Waals surface area (Å²) in [5, 5.41) is 0. The van der Waals surface area contributed by atoms with Crippen LogP contribution >= 0.6 is 0 Å². The smallest absolute Gasteiger partial charge is 0.227 e. The molecule has 1 aliphatic heterocycles. The van der Waals surface area contributed by atoms with Crippen LogP contribution in [0.5, 0.6) is 0 Å². The van der Waals surface area contributed by atoms with Gasteiger partial charge in [-0.2, -0.15) is 4.98 Å². The Balaban J connectivity index is 1.67. The lowest BCUT2D eigenvalue weighted by molar-refractivity contribution is 0.635. The first-order valence-electron chi connectivity index (χ1n) is 6.32. The summed E-state index contributed by atoms with van der Waals surface area (Å²) in [6, 6.07) is 7.68. The molecule has 3 rings (SSSR count). The molecule has 3 heterocycles. The molecule has 2 aromatic heterocycles. The zero-order valence-electron chi connectivity index (χ0n) is 10.6. The number of hydrogen-bond donors (Lipinski definition) is 1. The molecule has 19 heavy (non-hydrogen) atoms. The second kappa shape index (κ2) is 5.09. The summed E-state index contributed by atoms with van der Waals surface area (Å²) < 4.78 is 0. The summed E-state index contributed by atoms with van der Waals surface area (Å²) >= 11 is 0. The van der Waals surface area contributed by atoms with E-state index < -0.39 is 0 Å². The number of nitrogen functional groups attached to an aromatic ring is 1. The van der Waals surface area contributed by atoms with Crippen molar-refractivity contribution in [2.24, 2.45) is 0 Å². The van der Waals surface area contributed by atoms with E-state index in [4.69, 9.17) is 5.73 Å². The molecule has 6 heteroatoms. The second-order valence-electron chi connectivity index (χ2n) is 4.44. The van der Waals surface area contributed by atoms with E-state index in [9.17, 15) is 0 Å². The van der Waals surface area contributed by atoms with Crippen molar-refractivity contribution in [1.29, 1.82) is 0 Å². The van der Waals surface area contributed by atoms with Crippen molar-refractivity contribution >= 4 is 17.6 Å². The number of hydrogen-bond acceptors (Lipinski definition) is 6. The van der Waals surface area contributed by atoms with Gasteiger partial charge in [0.05, 0.1) is 0 Å². The van der Waals surface area contributed by atoms with Gasteiger partial charge in [-0.15, -0.1) is 0 Å². The van der Waals surface area contributed by atoms with E-state index in [2.05, 4.69) is 24.8 Å². The number of aromatic nitrogens is 3. The summed E-state index contributed by atoms with van der Waals surface area (Å²) in [5.74, 6) is 2.24. The van der Waals surface area contributed by atoms with E-state index in [1.807, 2.05) is 24.4 Å². The van der Waals surface area contributed by atoms with Crippen molar-refractivity contribution in [3.8, 4) is 0 Å². The highest BCUT2D eigenvalue weighted by Gasteiger charge is 2.19. The number of pyridine rings is 1. The van der Waals surface area contributed by atoms with E-state index >= 15 is 0 Å². The standard InChI is InChI=1S/C13H16N6/c14-11-4-6-16-13(17-11)19-9-7-18(8-10-19)12-3-1-2-5-15-12/h1-6H,7-10H2,(H2,14,16,17). The van der Waals surface area contributed by atoms with Crippen LogP contribution in [0.2, 0.25) is 0 Å². The lowest BCUT2D eigenvalue weighted by Gasteiger charge is -2.35. The molecule has 6 nitrogen and oxygen atoms in total. The van der Waals surface area contributed by atoms with Gasteiger partial charge in [0.15, 0.2) is 0 Å². The molecule has 2 N–H and O–H groups in total. The molecule has 0 bridgehead atoms. The number of nitrogens with two attached hydrogens (primary N) is 1. The van der Waals surface area contributed by atoms with Gasteiger partial charge in [0.25, 0.3) is 0 Å². The van der Waals surface area contributed by atoms with Gasteiger partial charge in [0.1, 0.15) is 11.6 Å². The van der Waals surface area contributed by atoms with Crippen LogP contribution < -0.4 is 15.5 Å². The fourth-order valence-electron chi connectivity index (χ4n) is 2.19. The molecule has 98 valence electrons. The molecule has 1 saturated heterocycles. The molecule has 0 amide bonds. The number of piperazine rings is 1. The molecule has 1 fully saturated rings. The zero-order chi connectivity index (χ0) is 13.1. The first kappa shape index (κ1) is 11.7. The van der Waals surface area contributed by atoms with Crippen LogP contribution in [0.15, 0.2) is 36.7 Å². The van der Waals surface area contributed by atoms with Crippen LogP contribution in [0, 0.1) is 0 Å². The van der Waals surface area contributed by atoms with Gasteiger partial charge in [-0.05, 0) is 18.2 Å². The number of nitrogens with zero attached hydrogens (tertiary/aromatic N) is 5. The molecule has 0 aromatic carbocycles. The van der Waals surface area contributed by atoms with E-state index in [0.29, 0.717) is 11.8 Å². The Morgan fingerprint density at radius 3 is 2.37 bits per heavy atom.